The maximum absolute atomic E-state index is 13.0. The molecule has 1 saturated heterocycles. The SMILES string of the molecule is Cc1ccc(-c2nc(Cn3nc(C)c(S(=O)(=O)N4CCCC4)c3C)no2)cc1. The molecule has 0 spiro atoms. The van der Waals surface area contributed by atoms with Crippen LogP contribution in [0.15, 0.2) is 33.7 Å². The molecule has 0 aliphatic carbocycles. The average molecular weight is 401 g/mol. The molecule has 0 saturated carbocycles. The van der Waals surface area contributed by atoms with E-state index in [-0.39, 0.29) is 11.4 Å². The minimum Gasteiger partial charge on any atom is -0.334 e. The maximum Gasteiger partial charge on any atom is 0.257 e. The molecule has 0 bridgehead atoms. The Hall–Kier alpha value is -2.52. The zero-order chi connectivity index (χ0) is 19.9. The average Bonchev–Trinajstić information content (AvgIpc) is 3.38. The van der Waals surface area contributed by atoms with E-state index in [9.17, 15) is 8.42 Å². The lowest BCUT2D eigenvalue weighted by Crippen LogP contribution is -2.28. The Bertz CT molecular complexity index is 1090. The zero-order valence-corrected chi connectivity index (χ0v) is 17.0. The Labute approximate surface area is 164 Å². The molecule has 9 heteroatoms. The molecule has 8 nitrogen and oxygen atoms in total. The predicted molar refractivity (Wildman–Crippen MR) is 103 cm³/mol. The molecule has 0 atom stereocenters. The van der Waals surface area contributed by atoms with Crippen molar-refractivity contribution in [1.29, 1.82) is 0 Å². The molecular weight excluding hydrogens is 378 g/mol. The predicted octanol–water partition coefficient (Wildman–Crippen LogP) is 2.69. The third kappa shape index (κ3) is 3.35. The van der Waals surface area contributed by atoms with E-state index in [1.807, 2.05) is 31.2 Å². The summed E-state index contributed by atoms with van der Waals surface area (Å²) in [6.45, 7) is 6.88. The summed E-state index contributed by atoms with van der Waals surface area (Å²) in [6, 6.07) is 7.82. The van der Waals surface area contributed by atoms with E-state index in [0.717, 1.165) is 24.0 Å². The fourth-order valence-electron chi connectivity index (χ4n) is 3.53. The fraction of sp³-hybridized carbons (Fsp3) is 0.421. The van der Waals surface area contributed by atoms with Gasteiger partial charge in [0.25, 0.3) is 5.89 Å². The highest BCUT2D eigenvalue weighted by Gasteiger charge is 2.32. The van der Waals surface area contributed by atoms with Gasteiger partial charge in [-0.25, -0.2) is 8.42 Å². The minimum atomic E-state index is -3.53. The van der Waals surface area contributed by atoms with E-state index in [4.69, 9.17) is 4.52 Å². The molecule has 0 radical (unpaired) electrons. The number of hydrogen-bond donors (Lipinski definition) is 0. The minimum absolute atomic E-state index is 0.248. The molecule has 1 aromatic carbocycles. The highest BCUT2D eigenvalue weighted by atomic mass is 32.2. The van der Waals surface area contributed by atoms with Crippen molar-refractivity contribution in [3.8, 4) is 11.5 Å². The van der Waals surface area contributed by atoms with Crippen molar-refractivity contribution in [3.63, 3.8) is 0 Å². The molecule has 0 amide bonds. The molecule has 1 fully saturated rings. The molecule has 2 aromatic heterocycles. The van der Waals surface area contributed by atoms with Gasteiger partial charge in [0.1, 0.15) is 11.4 Å². The standard InChI is InChI=1S/C19H23N5O3S/c1-13-6-8-16(9-7-13)19-20-17(22-27-19)12-24-15(3)18(14(2)21-24)28(25,26)23-10-4-5-11-23/h6-9H,4-5,10-12H2,1-3H3. The van der Waals surface area contributed by atoms with Crippen molar-refractivity contribution in [2.24, 2.45) is 0 Å². The van der Waals surface area contributed by atoms with Gasteiger partial charge in [-0.2, -0.15) is 14.4 Å². The first-order chi connectivity index (χ1) is 13.4. The smallest absolute Gasteiger partial charge is 0.257 e. The third-order valence-corrected chi connectivity index (χ3v) is 7.19. The molecule has 4 rings (SSSR count). The highest BCUT2D eigenvalue weighted by Crippen LogP contribution is 2.27. The van der Waals surface area contributed by atoms with E-state index < -0.39 is 10.0 Å². The van der Waals surface area contributed by atoms with Crippen LogP contribution in [-0.4, -0.2) is 45.7 Å². The largest absolute Gasteiger partial charge is 0.334 e. The fourth-order valence-corrected chi connectivity index (χ4v) is 5.42. The molecule has 3 aromatic rings. The lowest BCUT2D eigenvalue weighted by atomic mass is 10.1. The summed E-state index contributed by atoms with van der Waals surface area (Å²) in [5.41, 5.74) is 3.07. The Morgan fingerprint density at radius 2 is 1.75 bits per heavy atom. The van der Waals surface area contributed by atoms with E-state index >= 15 is 0 Å². The van der Waals surface area contributed by atoms with Crippen molar-refractivity contribution in [1.82, 2.24) is 24.2 Å². The first-order valence-electron chi connectivity index (χ1n) is 9.30. The molecular formula is C19H23N5O3S. The summed E-state index contributed by atoms with van der Waals surface area (Å²) in [6.07, 6.45) is 1.80. The second kappa shape index (κ2) is 7.14. The lowest BCUT2D eigenvalue weighted by Gasteiger charge is -2.15. The molecule has 148 valence electrons. The Morgan fingerprint density at radius 1 is 1.07 bits per heavy atom. The van der Waals surface area contributed by atoms with Gasteiger partial charge in [0.15, 0.2) is 5.82 Å². The van der Waals surface area contributed by atoms with Gasteiger partial charge in [0, 0.05) is 18.7 Å². The summed E-state index contributed by atoms with van der Waals surface area (Å²) in [4.78, 5) is 4.72. The van der Waals surface area contributed by atoms with Gasteiger partial charge in [0.2, 0.25) is 10.0 Å². The van der Waals surface area contributed by atoms with Gasteiger partial charge in [0.05, 0.1) is 11.4 Å². The topological polar surface area (TPSA) is 94.1 Å². The summed E-state index contributed by atoms with van der Waals surface area (Å²) < 4.78 is 34.5. The third-order valence-electron chi connectivity index (χ3n) is 5.04. The number of aryl methyl sites for hydroxylation is 2. The van der Waals surface area contributed by atoms with Crippen LogP contribution in [0.4, 0.5) is 0 Å². The van der Waals surface area contributed by atoms with Gasteiger partial charge in [-0.05, 0) is 45.7 Å². The van der Waals surface area contributed by atoms with E-state index in [0.29, 0.717) is 36.2 Å². The second-order valence-electron chi connectivity index (χ2n) is 7.15. The number of hydrogen-bond acceptors (Lipinski definition) is 6. The van der Waals surface area contributed by atoms with Crippen LogP contribution in [0.1, 0.15) is 35.6 Å². The Kier molecular flexibility index (Phi) is 4.80. The van der Waals surface area contributed by atoms with Crippen LogP contribution in [-0.2, 0) is 16.6 Å². The van der Waals surface area contributed by atoms with Gasteiger partial charge in [-0.1, -0.05) is 22.9 Å². The number of nitrogens with zero attached hydrogens (tertiary/aromatic N) is 5. The number of benzene rings is 1. The van der Waals surface area contributed by atoms with Crippen molar-refractivity contribution in [2.45, 2.75) is 45.1 Å². The molecule has 0 N–H and O–H groups in total. The number of sulfonamides is 1. The van der Waals surface area contributed by atoms with Crippen LogP contribution in [0, 0.1) is 20.8 Å². The molecule has 0 unspecified atom stereocenters. The summed E-state index contributed by atoms with van der Waals surface area (Å²) in [5.74, 6) is 0.882. The number of rotatable bonds is 5. The van der Waals surface area contributed by atoms with Crippen LogP contribution < -0.4 is 0 Å². The summed E-state index contributed by atoms with van der Waals surface area (Å²) in [7, 11) is -3.53. The summed E-state index contributed by atoms with van der Waals surface area (Å²) in [5, 5.41) is 8.45. The first kappa shape index (κ1) is 18.8. The van der Waals surface area contributed by atoms with Gasteiger partial charge < -0.3 is 4.52 Å². The van der Waals surface area contributed by atoms with E-state index in [1.54, 1.807) is 18.5 Å². The maximum atomic E-state index is 13.0. The Balaban J connectivity index is 1.60. The Morgan fingerprint density at radius 3 is 2.43 bits per heavy atom. The van der Waals surface area contributed by atoms with E-state index in [2.05, 4.69) is 15.2 Å². The quantitative estimate of drug-likeness (QED) is 0.652. The van der Waals surface area contributed by atoms with Crippen molar-refractivity contribution >= 4 is 10.0 Å². The molecule has 1 aliphatic rings. The summed E-state index contributed by atoms with van der Waals surface area (Å²) >= 11 is 0. The molecule has 1 aliphatic heterocycles. The van der Waals surface area contributed by atoms with E-state index in [1.165, 1.54) is 4.31 Å². The monoisotopic (exact) mass is 401 g/mol. The number of aromatic nitrogens is 4. The second-order valence-corrected chi connectivity index (χ2v) is 9.03. The van der Waals surface area contributed by atoms with Gasteiger partial charge in [-0.15, -0.1) is 0 Å². The van der Waals surface area contributed by atoms with Gasteiger partial charge in [-0.3, -0.25) is 4.68 Å². The van der Waals surface area contributed by atoms with Crippen LogP contribution in [0.25, 0.3) is 11.5 Å². The van der Waals surface area contributed by atoms with Crippen molar-refractivity contribution < 1.29 is 12.9 Å². The van der Waals surface area contributed by atoms with Crippen LogP contribution >= 0.6 is 0 Å². The molecule has 3 heterocycles. The highest BCUT2D eigenvalue weighted by molar-refractivity contribution is 7.89. The normalized spacial score (nSPS) is 15.4. The van der Waals surface area contributed by atoms with Crippen molar-refractivity contribution in [2.75, 3.05) is 13.1 Å². The first-order valence-corrected chi connectivity index (χ1v) is 10.7. The zero-order valence-electron chi connectivity index (χ0n) is 16.2. The lowest BCUT2D eigenvalue weighted by molar-refractivity contribution is 0.418. The van der Waals surface area contributed by atoms with Crippen molar-refractivity contribution in [3.05, 3.63) is 47.0 Å². The van der Waals surface area contributed by atoms with Crippen LogP contribution in [0.2, 0.25) is 0 Å². The van der Waals surface area contributed by atoms with Gasteiger partial charge >= 0.3 is 0 Å². The van der Waals surface area contributed by atoms with Crippen LogP contribution in [0.3, 0.4) is 0 Å². The molecule has 28 heavy (non-hydrogen) atoms. The van der Waals surface area contributed by atoms with Crippen LogP contribution in [0.5, 0.6) is 0 Å².